The number of rotatable bonds is 2. The molecule has 0 radical (unpaired) electrons. The third-order valence-electron chi connectivity index (χ3n) is 6.06. The van der Waals surface area contributed by atoms with Gasteiger partial charge < -0.3 is 4.90 Å². The molecule has 1 N–H and O–H groups in total. The highest BCUT2D eigenvalue weighted by Crippen LogP contribution is 2.28. The van der Waals surface area contributed by atoms with Crippen LogP contribution in [0.3, 0.4) is 0 Å². The van der Waals surface area contributed by atoms with Crippen molar-refractivity contribution < 1.29 is 0 Å². The van der Waals surface area contributed by atoms with E-state index in [0.717, 1.165) is 36.5 Å². The van der Waals surface area contributed by atoms with E-state index in [9.17, 15) is 9.59 Å². The molecule has 0 unspecified atom stereocenters. The molecule has 4 aromatic heterocycles. The number of likely N-dealkylation sites (tertiary alicyclic amines) is 1. The number of aromatic nitrogens is 5. The van der Waals surface area contributed by atoms with Crippen LogP contribution in [-0.2, 0) is 0 Å². The fourth-order valence-corrected chi connectivity index (χ4v) is 4.53. The van der Waals surface area contributed by atoms with Gasteiger partial charge in [-0.05, 0) is 44.0 Å². The molecular formula is C23H19N7O2S. The van der Waals surface area contributed by atoms with Gasteiger partial charge in [-0.15, -0.1) is 0 Å². The van der Waals surface area contributed by atoms with Gasteiger partial charge in [0.15, 0.2) is 0 Å². The van der Waals surface area contributed by atoms with Crippen LogP contribution in [0.2, 0.25) is 0 Å². The minimum absolute atomic E-state index is 0.102. The zero-order chi connectivity index (χ0) is 23.1. The van der Waals surface area contributed by atoms with E-state index in [2.05, 4.69) is 19.9 Å². The normalized spacial score (nSPS) is 14.5. The molecule has 164 valence electrons. The molecule has 1 aliphatic rings. The van der Waals surface area contributed by atoms with E-state index < -0.39 is 11.2 Å². The van der Waals surface area contributed by atoms with Gasteiger partial charge >= 0.3 is 5.69 Å². The first-order valence-electron chi connectivity index (χ1n) is 10.5. The van der Waals surface area contributed by atoms with Gasteiger partial charge in [0, 0.05) is 37.1 Å². The molecule has 10 heteroatoms. The second-order valence-electron chi connectivity index (χ2n) is 8.00. The van der Waals surface area contributed by atoms with Crippen LogP contribution in [0.1, 0.15) is 31.5 Å². The first-order chi connectivity index (χ1) is 16.0. The van der Waals surface area contributed by atoms with Gasteiger partial charge in [-0.2, -0.15) is 5.26 Å². The number of pyridine rings is 3. The molecule has 0 amide bonds. The first-order valence-corrected chi connectivity index (χ1v) is 10.9. The molecular weight excluding hydrogens is 438 g/mol. The van der Waals surface area contributed by atoms with E-state index in [4.69, 9.17) is 22.5 Å². The molecule has 1 saturated heterocycles. The summed E-state index contributed by atoms with van der Waals surface area (Å²) in [5, 5.41) is 9.32. The zero-order valence-corrected chi connectivity index (χ0v) is 18.6. The van der Waals surface area contributed by atoms with E-state index in [1.54, 1.807) is 29.0 Å². The second kappa shape index (κ2) is 8.18. The van der Waals surface area contributed by atoms with Gasteiger partial charge in [0.05, 0.1) is 27.1 Å². The van der Waals surface area contributed by atoms with E-state index in [1.807, 2.05) is 19.1 Å². The van der Waals surface area contributed by atoms with Crippen molar-refractivity contribution in [1.29, 1.82) is 5.26 Å². The summed E-state index contributed by atoms with van der Waals surface area (Å²) in [5.41, 5.74) is 2.24. The standard InChI is InChI=1S/C23H19N7O2S/c1-13(33)29-8-6-16(7-9-29)30-21-17(22(31)28-23(30)32)12-26-19-5-4-18(27-20(19)21)14-2-3-15(10-24)25-11-14/h2-5,11-12,16H,6-9H2,1H3,(H,28,31,32). The molecule has 0 atom stereocenters. The van der Waals surface area contributed by atoms with Crippen LogP contribution in [0.5, 0.6) is 0 Å². The van der Waals surface area contributed by atoms with Crippen LogP contribution in [0.4, 0.5) is 0 Å². The average molecular weight is 458 g/mol. The number of nitriles is 1. The predicted octanol–water partition coefficient (Wildman–Crippen LogP) is 2.55. The van der Waals surface area contributed by atoms with E-state index in [0.29, 0.717) is 33.3 Å². The summed E-state index contributed by atoms with van der Waals surface area (Å²) in [7, 11) is 0. The Hall–Kier alpha value is -3.97. The highest BCUT2D eigenvalue weighted by molar-refractivity contribution is 7.80. The Bertz CT molecular complexity index is 1560. The summed E-state index contributed by atoms with van der Waals surface area (Å²) in [5.74, 6) is 0. The molecule has 4 aromatic rings. The maximum atomic E-state index is 13.0. The van der Waals surface area contributed by atoms with Crippen molar-refractivity contribution in [2.75, 3.05) is 13.1 Å². The lowest BCUT2D eigenvalue weighted by atomic mass is 10.0. The average Bonchev–Trinajstić information content (AvgIpc) is 2.84. The summed E-state index contributed by atoms with van der Waals surface area (Å²) in [6.07, 6.45) is 4.51. The number of hydrogen-bond acceptors (Lipinski definition) is 7. The van der Waals surface area contributed by atoms with E-state index >= 15 is 0 Å². The highest BCUT2D eigenvalue weighted by Gasteiger charge is 2.25. The number of nitrogens with zero attached hydrogens (tertiary/aromatic N) is 6. The first kappa shape index (κ1) is 20.9. The molecule has 1 aliphatic heterocycles. The Morgan fingerprint density at radius 3 is 2.61 bits per heavy atom. The summed E-state index contributed by atoms with van der Waals surface area (Å²) >= 11 is 5.30. The third kappa shape index (κ3) is 3.66. The number of aromatic amines is 1. The van der Waals surface area contributed by atoms with Crippen LogP contribution in [0, 0.1) is 11.3 Å². The molecule has 0 saturated carbocycles. The molecule has 0 aromatic carbocycles. The minimum atomic E-state index is -0.486. The molecule has 0 spiro atoms. The highest BCUT2D eigenvalue weighted by atomic mass is 32.1. The van der Waals surface area contributed by atoms with Crippen LogP contribution < -0.4 is 11.2 Å². The second-order valence-corrected chi connectivity index (χ2v) is 8.59. The zero-order valence-electron chi connectivity index (χ0n) is 17.8. The molecule has 0 aliphatic carbocycles. The Kier molecular flexibility index (Phi) is 5.18. The summed E-state index contributed by atoms with van der Waals surface area (Å²) in [4.78, 5) is 44.4. The Labute approximate surface area is 193 Å². The smallest absolute Gasteiger partial charge is 0.329 e. The van der Waals surface area contributed by atoms with Crippen molar-refractivity contribution in [3.63, 3.8) is 0 Å². The van der Waals surface area contributed by atoms with Crippen molar-refractivity contribution in [1.82, 2.24) is 29.4 Å². The quantitative estimate of drug-likeness (QED) is 0.360. The molecule has 5 heterocycles. The monoisotopic (exact) mass is 457 g/mol. The molecule has 33 heavy (non-hydrogen) atoms. The summed E-state index contributed by atoms with van der Waals surface area (Å²) in [6, 6.07) is 8.90. The molecule has 9 nitrogen and oxygen atoms in total. The Morgan fingerprint density at radius 2 is 1.94 bits per heavy atom. The SMILES string of the molecule is CC(=S)N1CCC(n2c(=O)[nH]c(=O)c3cnc4ccc(-c5ccc(C#N)nc5)nc4c32)CC1. The van der Waals surface area contributed by atoms with Crippen molar-refractivity contribution in [3.8, 4) is 17.3 Å². The number of nitrogens with one attached hydrogen (secondary N) is 1. The van der Waals surface area contributed by atoms with Crippen LogP contribution in [-0.4, -0.2) is 47.5 Å². The van der Waals surface area contributed by atoms with Gasteiger partial charge in [0.25, 0.3) is 5.56 Å². The Morgan fingerprint density at radius 1 is 1.15 bits per heavy atom. The maximum absolute atomic E-state index is 13.0. The molecule has 1 fully saturated rings. The lowest BCUT2D eigenvalue weighted by Gasteiger charge is -2.34. The Balaban J connectivity index is 1.72. The molecule has 5 rings (SSSR count). The van der Waals surface area contributed by atoms with E-state index in [-0.39, 0.29) is 6.04 Å². The predicted molar refractivity (Wildman–Crippen MR) is 128 cm³/mol. The largest absolute Gasteiger partial charge is 0.366 e. The summed E-state index contributed by atoms with van der Waals surface area (Å²) < 4.78 is 1.66. The fourth-order valence-electron chi connectivity index (χ4n) is 4.35. The van der Waals surface area contributed by atoms with Crippen LogP contribution in [0.25, 0.3) is 33.2 Å². The van der Waals surface area contributed by atoms with Gasteiger partial charge in [-0.3, -0.25) is 19.3 Å². The lowest BCUT2D eigenvalue weighted by Crippen LogP contribution is -2.41. The number of H-pyrrole nitrogens is 1. The van der Waals surface area contributed by atoms with Crippen molar-refractivity contribution in [2.45, 2.75) is 25.8 Å². The van der Waals surface area contributed by atoms with E-state index in [1.165, 1.54) is 6.20 Å². The van der Waals surface area contributed by atoms with Gasteiger partial charge in [-0.25, -0.2) is 14.8 Å². The number of hydrogen-bond donors (Lipinski definition) is 1. The minimum Gasteiger partial charge on any atom is -0.366 e. The van der Waals surface area contributed by atoms with Gasteiger partial charge in [0.2, 0.25) is 0 Å². The topological polar surface area (TPSA) is 121 Å². The number of thiocarbonyl (C=S) groups is 1. The van der Waals surface area contributed by atoms with Crippen LogP contribution >= 0.6 is 12.2 Å². The number of fused-ring (bicyclic) bond motifs is 3. The maximum Gasteiger partial charge on any atom is 0.329 e. The van der Waals surface area contributed by atoms with Crippen LogP contribution in [0.15, 0.2) is 46.2 Å². The molecule has 0 bridgehead atoms. The van der Waals surface area contributed by atoms with Crippen molar-refractivity contribution >= 4 is 39.1 Å². The fraction of sp³-hybridized carbons (Fsp3) is 0.261. The summed E-state index contributed by atoms with van der Waals surface area (Å²) in [6.45, 7) is 3.39. The lowest BCUT2D eigenvalue weighted by molar-refractivity contribution is 0.268. The third-order valence-corrected chi connectivity index (χ3v) is 6.32. The van der Waals surface area contributed by atoms with Gasteiger partial charge in [-0.1, -0.05) is 12.2 Å². The number of piperidine rings is 1. The van der Waals surface area contributed by atoms with Gasteiger partial charge in [0.1, 0.15) is 17.3 Å². The van der Waals surface area contributed by atoms with Crippen molar-refractivity contribution in [2.24, 2.45) is 0 Å². The van der Waals surface area contributed by atoms with Crippen molar-refractivity contribution in [3.05, 3.63) is 63.2 Å².